The molecule has 0 fully saturated rings. The molecule has 0 amide bonds. The number of rotatable bonds is 5. The fourth-order valence-electron chi connectivity index (χ4n) is 2.42. The van der Waals surface area contributed by atoms with Gasteiger partial charge in [-0.15, -0.1) is 0 Å². The zero-order valence-electron chi connectivity index (χ0n) is 12.4. The highest BCUT2D eigenvalue weighted by Gasteiger charge is 2.16. The van der Waals surface area contributed by atoms with Gasteiger partial charge in [-0.1, -0.05) is 24.2 Å². The maximum absolute atomic E-state index is 11.6. The average Bonchev–Trinajstić information content (AvgIpc) is 2.93. The van der Waals surface area contributed by atoms with E-state index < -0.39 is 9.84 Å². The molecule has 0 N–H and O–H groups in total. The number of benzene rings is 1. The number of nitrogens with zero attached hydrogens (tertiary/aromatic N) is 2. The standard InChI is InChI=1S/C15H18N2O4S/c1-2-22(18,19)10-14-16-15(21-17-14)9-11-5-6-13-12(8-11)4-3-7-20-13/h5-6,8H,2-4,7,9-10H2,1H3. The van der Waals surface area contributed by atoms with E-state index in [0.717, 1.165) is 30.8 Å². The molecule has 1 aliphatic heterocycles. The number of hydrogen-bond donors (Lipinski definition) is 0. The molecular weight excluding hydrogens is 304 g/mol. The first kappa shape index (κ1) is 15.0. The number of sulfone groups is 1. The molecule has 0 saturated heterocycles. The van der Waals surface area contributed by atoms with Crippen LogP contribution in [0.5, 0.6) is 5.75 Å². The van der Waals surface area contributed by atoms with Crippen LogP contribution in [0.15, 0.2) is 22.7 Å². The zero-order valence-corrected chi connectivity index (χ0v) is 13.2. The summed E-state index contributed by atoms with van der Waals surface area (Å²) in [5.74, 6) is 1.48. The van der Waals surface area contributed by atoms with Crippen molar-refractivity contribution in [2.24, 2.45) is 0 Å². The lowest BCUT2D eigenvalue weighted by Gasteiger charge is -2.17. The Kier molecular flexibility index (Phi) is 4.15. The lowest BCUT2D eigenvalue weighted by molar-refractivity contribution is 0.288. The van der Waals surface area contributed by atoms with Crippen molar-refractivity contribution < 1.29 is 17.7 Å². The Morgan fingerprint density at radius 2 is 2.18 bits per heavy atom. The Balaban J connectivity index is 1.72. The summed E-state index contributed by atoms with van der Waals surface area (Å²) in [5, 5.41) is 3.74. The fourth-order valence-corrected chi connectivity index (χ4v) is 3.13. The Morgan fingerprint density at radius 1 is 1.32 bits per heavy atom. The highest BCUT2D eigenvalue weighted by atomic mass is 32.2. The van der Waals surface area contributed by atoms with Gasteiger partial charge in [0.05, 0.1) is 13.0 Å². The second-order valence-corrected chi connectivity index (χ2v) is 7.70. The summed E-state index contributed by atoms with van der Waals surface area (Å²) in [5.41, 5.74) is 2.25. The molecule has 1 aromatic carbocycles. The van der Waals surface area contributed by atoms with E-state index in [-0.39, 0.29) is 17.3 Å². The van der Waals surface area contributed by atoms with E-state index in [9.17, 15) is 8.42 Å². The van der Waals surface area contributed by atoms with Gasteiger partial charge in [0.25, 0.3) is 0 Å². The average molecular weight is 322 g/mol. The first-order valence-electron chi connectivity index (χ1n) is 7.32. The first-order chi connectivity index (χ1) is 10.6. The van der Waals surface area contributed by atoms with Crippen LogP contribution in [0.1, 0.15) is 36.2 Å². The number of fused-ring (bicyclic) bond motifs is 1. The van der Waals surface area contributed by atoms with Crippen molar-refractivity contribution in [3.05, 3.63) is 41.0 Å². The molecule has 0 aliphatic carbocycles. The van der Waals surface area contributed by atoms with E-state index in [1.807, 2.05) is 12.1 Å². The summed E-state index contributed by atoms with van der Waals surface area (Å²) < 4.78 is 33.9. The summed E-state index contributed by atoms with van der Waals surface area (Å²) in [6.07, 6.45) is 2.52. The Bertz CT molecular complexity index is 768. The first-order valence-corrected chi connectivity index (χ1v) is 9.14. The Labute approximate surface area is 129 Å². The van der Waals surface area contributed by atoms with Crippen molar-refractivity contribution in [1.82, 2.24) is 10.1 Å². The van der Waals surface area contributed by atoms with E-state index in [0.29, 0.717) is 12.3 Å². The number of aromatic nitrogens is 2. The van der Waals surface area contributed by atoms with E-state index in [4.69, 9.17) is 9.26 Å². The van der Waals surface area contributed by atoms with Gasteiger partial charge in [-0.05, 0) is 30.0 Å². The maximum atomic E-state index is 11.6. The third-order valence-corrected chi connectivity index (χ3v) is 5.20. The third kappa shape index (κ3) is 3.47. The van der Waals surface area contributed by atoms with Gasteiger partial charge in [-0.2, -0.15) is 4.98 Å². The summed E-state index contributed by atoms with van der Waals surface area (Å²) in [6, 6.07) is 6.01. The predicted molar refractivity (Wildman–Crippen MR) is 80.5 cm³/mol. The van der Waals surface area contributed by atoms with Crippen LogP contribution in [0.3, 0.4) is 0 Å². The van der Waals surface area contributed by atoms with Gasteiger partial charge in [0.15, 0.2) is 15.7 Å². The van der Waals surface area contributed by atoms with Crippen LogP contribution in [0.4, 0.5) is 0 Å². The third-order valence-electron chi connectivity index (χ3n) is 3.63. The maximum Gasteiger partial charge on any atom is 0.231 e. The largest absolute Gasteiger partial charge is 0.493 e. The highest BCUT2D eigenvalue weighted by Crippen LogP contribution is 2.26. The van der Waals surface area contributed by atoms with Crippen LogP contribution >= 0.6 is 0 Å². The molecule has 0 saturated carbocycles. The minimum absolute atomic E-state index is 0.0711. The normalized spacial score (nSPS) is 14.4. The summed E-state index contributed by atoms with van der Waals surface area (Å²) >= 11 is 0. The van der Waals surface area contributed by atoms with Gasteiger partial charge >= 0.3 is 0 Å². The second kappa shape index (κ2) is 6.08. The van der Waals surface area contributed by atoms with Crippen LogP contribution in [-0.2, 0) is 28.4 Å². The lowest BCUT2D eigenvalue weighted by atomic mass is 10.0. The van der Waals surface area contributed by atoms with Crippen LogP contribution in [0.2, 0.25) is 0 Å². The van der Waals surface area contributed by atoms with Crippen LogP contribution in [0, 0.1) is 0 Å². The molecule has 7 heteroatoms. The number of hydrogen-bond acceptors (Lipinski definition) is 6. The molecule has 2 aromatic rings. The Morgan fingerprint density at radius 3 is 3.00 bits per heavy atom. The highest BCUT2D eigenvalue weighted by molar-refractivity contribution is 7.90. The van der Waals surface area contributed by atoms with Crippen LogP contribution in [0.25, 0.3) is 0 Å². The molecule has 0 spiro atoms. The molecule has 22 heavy (non-hydrogen) atoms. The monoisotopic (exact) mass is 322 g/mol. The van der Waals surface area contributed by atoms with Crippen molar-refractivity contribution in [2.75, 3.05) is 12.4 Å². The summed E-state index contributed by atoms with van der Waals surface area (Å²) in [7, 11) is -3.15. The SMILES string of the molecule is CCS(=O)(=O)Cc1noc(Cc2ccc3c(c2)CCCO3)n1. The van der Waals surface area contributed by atoms with Crippen molar-refractivity contribution in [3.63, 3.8) is 0 Å². The fraction of sp³-hybridized carbons (Fsp3) is 0.467. The zero-order chi connectivity index (χ0) is 15.6. The molecule has 1 aromatic heterocycles. The molecule has 0 unspecified atom stereocenters. The molecule has 0 atom stereocenters. The molecule has 1 aliphatic rings. The second-order valence-electron chi connectivity index (χ2n) is 5.35. The van der Waals surface area contributed by atoms with E-state index in [1.165, 1.54) is 5.56 Å². The van der Waals surface area contributed by atoms with Gasteiger partial charge in [0.2, 0.25) is 5.89 Å². The van der Waals surface area contributed by atoms with Crippen LogP contribution in [-0.4, -0.2) is 30.9 Å². The van der Waals surface area contributed by atoms with E-state index >= 15 is 0 Å². The molecule has 0 bridgehead atoms. The van der Waals surface area contributed by atoms with Gasteiger partial charge < -0.3 is 9.26 Å². The molecular formula is C15H18N2O4S. The van der Waals surface area contributed by atoms with Crippen LogP contribution < -0.4 is 4.74 Å². The van der Waals surface area contributed by atoms with E-state index in [2.05, 4.69) is 16.2 Å². The predicted octanol–water partition coefficient (Wildman–Crippen LogP) is 1.92. The Hall–Kier alpha value is -1.89. The van der Waals surface area contributed by atoms with Gasteiger partial charge in [0.1, 0.15) is 11.5 Å². The van der Waals surface area contributed by atoms with Crippen molar-refractivity contribution in [1.29, 1.82) is 0 Å². The molecule has 6 nitrogen and oxygen atoms in total. The summed E-state index contributed by atoms with van der Waals surface area (Å²) in [4.78, 5) is 4.16. The quantitative estimate of drug-likeness (QED) is 0.836. The smallest absolute Gasteiger partial charge is 0.231 e. The van der Waals surface area contributed by atoms with Crippen molar-refractivity contribution in [3.8, 4) is 5.75 Å². The molecule has 118 valence electrons. The van der Waals surface area contributed by atoms with Crippen molar-refractivity contribution >= 4 is 9.84 Å². The van der Waals surface area contributed by atoms with Gasteiger partial charge in [0, 0.05) is 5.75 Å². The topological polar surface area (TPSA) is 82.3 Å². The minimum Gasteiger partial charge on any atom is -0.493 e. The number of aryl methyl sites for hydroxylation is 1. The molecule has 0 radical (unpaired) electrons. The summed E-state index contributed by atoms with van der Waals surface area (Å²) in [6.45, 7) is 2.37. The van der Waals surface area contributed by atoms with Crippen molar-refractivity contribution in [2.45, 2.75) is 31.9 Å². The molecule has 2 heterocycles. The minimum atomic E-state index is -3.15. The van der Waals surface area contributed by atoms with E-state index in [1.54, 1.807) is 6.92 Å². The van der Waals surface area contributed by atoms with Gasteiger partial charge in [-0.25, -0.2) is 8.42 Å². The number of ether oxygens (including phenoxy) is 1. The molecule has 3 rings (SSSR count). The van der Waals surface area contributed by atoms with Gasteiger partial charge in [-0.3, -0.25) is 0 Å². The lowest BCUT2D eigenvalue weighted by Crippen LogP contribution is -2.08.